The van der Waals surface area contributed by atoms with Crippen molar-refractivity contribution in [2.75, 3.05) is 18.5 Å². The molecular formula is C17H15N3O3. The molecule has 3 aromatic rings. The zero-order valence-corrected chi connectivity index (χ0v) is 12.6. The minimum atomic E-state index is -0.150. The van der Waals surface area contributed by atoms with E-state index in [0.717, 1.165) is 22.7 Å². The van der Waals surface area contributed by atoms with Crippen LogP contribution in [-0.2, 0) is 4.79 Å². The van der Waals surface area contributed by atoms with E-state index in [4.69, 9.17) is 9.47 Å². The largest absolute Gasteiger partial charge is 0.490 e. The number of nitrogens with zero attached hydrogens (tertiary/aromatic N) is 2. The summed E-state index contributed by atoms with van der Waals surface area (Å²) in [6.07, 6.45) is 3.86. The fraction of sp³-hybridized carbons (Fsp3) is 0.176. The monoisotopic (exact) mass is 309 g/mol. The molecule has 1 amide bonds. The van der Waals surface area contributed by atoms with Crippen LogP contribution in [0.15, 0.2) is 42.7 Å². The normalized spacial score (nSPS) is 13.3. The Labute approximate surface area is 132 Å². The third-order valence-electron chi connectivity index (χ3n) is 3.65. The lowest BCUT2D eigenvalue weighted by Crippen LogP contribution is -2.25. The van der Waals surface area contributed by atoms with Crippen LogP contribution in [0.3, 0.4) is 0 Å². The predicted octanol–water partition coefficient (Wildman–Crippen LogP) is 2.73. The minimum Gasteiger partial charge on any atom is -0.490 e. The number of aromatic nitrogens is 2. The van der Waals surface area contributed by atoms with Crippen molar-refractivity contribution in [2.45, 2.75) is 6.92 Å². The molecular weight excluding hydrogens is 294 g/mol. The number of carbonyl (C=O) groups excluding carboxylic acids is 1. The average Bonchev–Trinajstić information content (AvgIpc) is 2.99. The van der Waals surface area contributed by atoms with Gasteiger partial charge in [-0.2, -0.15) is 0 Å². The molecule has 0 unspecified atom stereocenters. The van der Waals surface area contributed by atoms with E-state index in [0.29, 0.717) is 18.0 Å². The molecule has 0 radical (unpaired) electrons. The highest BCUT2D eigenvalue weighted by atomic mass is 16.5. The second kappa shape index (κ2) is 5.31. The highest BCUT2D eigenvalue weighted by molar-refractivity contribution is 5.96. The molecule has 0 spiro atoms. The summed E-state index contributed by atoms with van der Waals surface area (Å²) in [5.74, 6) is 1.27. The number of fused-ring (bicyclic) bond motifs is 2. The first-order valence-electron chi connectivity index (χ1n) is 7.42. The standard InChI is InChI=1S/C17H15N3O3/c1-2-22-15-4-3-7-20-9-13(19-17(15)20)11-5-6-14-12(8-11)18-16(21)10-23-14/h3-9H,2,10H2,1H3,(H,18,21). The van der Waals surface area contributed by atoms with Crippen LogP contribution in [-0.4, -0.2) is 28.5 Å². The van der Waals surface area contributed by atoms with Crippen molar-refractivity contribution in [1.82, 2.24) is 9.38 Å². The molecule has 0 aliphatic carbocycles. The fourth-order valence-corrected chi connectivity index (χ4v) is 2.64. The van der Waals surface area contributed by atoms with Gasteiger partial charge in [-0.05, 0) is 37.3 Å². The van der Waals surface area contributed by atoms with Crippen molar-refractivity contribution in [1.29, 1.82) is 0 Å². The molecule has 1 N–H and O–H groups in total. The van der Waals surface area contributed by atoms with Gasteiger partial charge >= 0.3 is 0 Å². The fourth-order valence-electron chi connectivity index (χ4n) is 2.64. The Morgan fingerprint density at radius 3 is 3.17 bits per heavy atom. The molecule has 1 aromatic carbocycles. The van der Waals surface area contributed by atoms with Crippen LogP contribution in [0, 0.1) is 0 Å². The second-order valence-corrected chi connectivity index (χ2v) is 5.21. The summed E-state index contributed by atoms with van der Waals surface area (Å²) >= 11 is 0. The highest BCUT2D eigenvalue weighted by Crippen LogP contribution is 2.33. The van der Waals surface area contributed by atoms with E-state index in [9.17, 15) is 4.79 Å². The van der Waals surface area contributed by atoms with E-state index in [1.54, 1.807) is 0 Å². The number of rotatable bonds is 3. The number of hydrogen-bond acceptors (Lipinski definition) is 4. The van der Waals surface area contributed by atoms with Gasteiger partial charge in [-0.1, -0.05) is 0 Å². The van der Waals surface area contributed by atoms with E-state index in [2.05, 4.69) is 10.3 Å². The van der Waals surface area contributed by atoms with Crippen molar-refractivity contribution in [3.63, 3.8) is 0 Å². The lowest BCUT2D eigenvalue weighted by molar-refractivity contribution is -0.118. The highest BCUT2D eigenvalue weighted by Gasteiger charge is 2.17. The number of benzene rings is 1. The van der Waals surface area contributed by atoms with Crippen LogP contribution in [0.25, 0.3) is 16.9 Å². The topological polar surface area (TPSA) is 64.9 Å². The van der Waals surface area contributed by atoms with Crippen LogP contribution >= 0.6 is 0 Å². The molecule has 0 fully saturated rings. The van der Waals surface area contributed by atoms with Gasteiger partial charge in [-0.3, -0.25) is 4.79 Å². The molecule has 1 aliphatic heterocycles. The van der Waals surface area contributed by atoms with Crippen molar-refractivity contribution in [2.24, 2.45) is 0 Å². The summed E-state index contributed by atoms with van der Waals surface area (Å²) in [6.45, 7) is 2.59. The van der Waals surface area contributed by atoms with Crippen molar-refractivity contribution in [3.05, 3.63) is 42.7 Å². The number of pyridine rings is 1. The number of imidazole rings is 1. The van der Waals surface area contributed by atoms with Crippen molar-refractivity contribution in [3.8, 4) is 22.8 Å². The second-order valence-electron chi connectivity index (χ2n) is 5.21. The Balaban J connectivity index is 1.79. The summed E-state index contributed by atoms with van der Waals surface area (Å²) < 4.78 is 12.9. The van der Waals surface area contributed by atoms with Gasteiger partial charge in [0.05, 0.1) is 18.0 Å². The maximum Gasteiger partial charge on any atom is 0.262 e. The van der Waals surface area contributed by atoms with Gasteiger partial charge in [0, 0.05) is 18.0 Å². The van der Waals surface area contributed by atoms with E-state index < -0.39 is 0 Å². The Morgan fingerprint density at radius 2 is 2.30 bits per heavy atom. The van der Waals surface area contributed by atoms with Crippen LogP contribution in [0.4, 0.5) is 5.69 Å². The molecule has 0 saturated carbocycles. The smallest absolute Gasteiger partial charge is 0.262 e. The quantitative estimate of drug-likeness (QED) is 0.808. The first kappa shape index (κ1) is 13.6. The Kier molecular flexibility index (Phi) is 3.15. The van der Waals surface area contributed by atoms with Gasteiger partial charge < -0.3 is 19.2 Å². The molecule has 0 atom stereocenters. The lowest BCUT2D eigenvalue weighted by Gasteiger charge is -2.18. The number of amides is 1. The number of carbonyl (C=O) groups is 1. The van der Waals surface area contributed by atoms with Crippen LogP contribution in [0.5, 0.6) is 11.5 Å². The summed E-state index contributed by atoms with van der Waals surface area (Å²) in [7, 11) is 0. The van der Waals surface area contributed by atoms with E-state index in [1.165, 1.54) is 0 Å². The number of ether oxygens (including phenoxy) is 2. The number of anilines is 1. The van der Waals surface area contributed by atoms with Gasteiger partial charge in [0.15, 0.2) is 18.0 Å². The molecule has 116 valence electrons. The molecule has 3 heterocycles. The van der Waals surface area contributed by atoms with Crippen molar-refractivity contribution >= 4 is 17.2 Å². The third kappa shape index (κ3) is 2.38. The summed E-state index contributed by atoms with van der Waals surface area (Å²) in [5.41, 5.74) is 3.14. The van der Waals surface area contributed by atoms with Gasteiger partial charge in [0.25, 0.3) is 5.91 Å². The summed E-state index contributed by atoms with van der Waals surface area (Å²) in [4.78, 5) is 16.1. The first-order valence-corrected chi connectivity index (χ1v) is 7.42. The maximum absolute atomic E-state index is 11.5. The first-order chi connectivity index (χ1) is 11.2. The Hall–Kier alpha value is -3.02. The molecule has 6 heteroatoms. The number of nitrogens with one attached hydrogen (secondary N) is 1. The van der Waals surface area contributed by atoms with Gasteiger partial charge in [-0.15, -0.1) is 0 Å². The molecule has 0 bridgehead atoms. The Bertz CT molecular complexity index is 901. The molecule has 6 nitrogen and oxygen atoms in total. The summed E-state index contributed by atoms with van der Waals surface area (Å²) in [5, 5.41) is 2.81. The molecule has 1 aliphatic rings. The predicted molar refractivity (Wildman–Crippen MR) is 85.9 cm³/mol. The van der Waals surface area contributed by atoms with E-state index in [1.807, 2.05) is 54.0 Å². The average molecular weight is 309 g/mol. The van der Waals surface area contributed by atoms with Crippen LogP contribution < -0.4 is 14.8 Å². The van der Waals surface area contributed by atoms with Gasteiger partial charge in [0.2, 0.25) is 0 Å². The van der Waals surface area contributed by atoms with E-state index >= 15 is 0 Å². The van der Waals surface area contributed by atoms with E-state index in [-0.39, 0.29) is 12.5 Å². The van der Waals surface area contributed by atoms with Gasteiger partial charge in [0.1, 0.15) is 5.75 Å². The SMILES string of the molecule is CCOc1cccn2cc(-c3ccc4c(c3)NC(=O)CO4)nc12. The van der Waals surface area contributed by atoms with Crippen LogP contribution in [0.1, 0.15) is 6.92 Å². The summed E-state index contributed by atoms with van der Waals surface area (Å²) in [6, 6.07) is 9.46. The maximum atomic E-state index is 11.5. The Morgan fingerprint density at radius 1 is 1.39 bits per heavy atom. The molecule has 2 aromatic heterocycles. The van der Waals surface area contributed by atoms with Gasteiger partial charge in [-0.25, -0.2) is 4.98 Å². The minimum absolute atomic E-state index is 0.0540. The zero-order valence-electron chi connectivity index (χ0n) is 12.6. The molecule has 4 rings (SSSR count). The molecule has 23 heavy (non-hydrogen) atoms. The number of hydrogen-bond donors (Lipinski definition) is 1. The lowest BCUT2D eigenvalue weighted by atomic mass is 10.1. The van der Waals surface area contributed by atoms with Crippen molar-refractivity contribution < 1.29 is 14.3 Å². The third-order valence-corrected chi connectivity index (χ3v) is 3.65. The zero-order chi connectivity index (χ0) is 15.8. The van der Waals surface area contributed by atoms with Crippen LogP contribution in [0.2, 0.25) is 0 Å². The molecule has 0 saturated heterocycles.